The lowest BCUT2D eigenvalue weighted by atomic mass is 9.89. The number of hydrogen-bond acceptors (Lipinski definition) is 2. The summed E-state index contributed by atoms with van der Waals surface area (Å²) < 4.78 is 0. The van der Waals surface area contributed by atoms with Crippen molar-refractivity contribution in [3.8, 4) is 0 Å². The van der Waals surface area contributed by atoms with Crippen LogP contribution in [0.3, 0.4) is 0 Å². The molecule has 0 fully saturated rings. The van der Waals surface area contributed by atoms with Gasteiger partial charge in [-0.25, -0.2) is 0 Å². The van der Waals surface area contributed by atoms with E-state index in [2.05, 4.69) is 0 Å². The molecule has 20 heavy (non-hydrogen) atoms. The van der Waals surface area contributed by atoms with Crippen molar-refractivity contribution in [1.82, 2.24) is 0 Å². The van der Waals surface area contributed by atoms with Crippen LogP contribution < -0.4 is 0 Å². The third-order valence-electron chi connectivity index (χ3n) is 3.22. The van der Waals surface area contributed by atoms with E-state index < -0.39 is 5.97 Å². The Balaban J connectivity index is 2.16. The number of carbonyl (C=O) groups is 2. The van der Waals surface area contributed by atoms with Crippen LogP contribution >= 0.6 is 0 Å². The van der Waals surface area contributed by atoms with E-state index in [9.17, 15) is 9.59 Å². The molecule has 0 saturated carbocycles. The molecule has 0 spiro atoms. The van der Waals surface area contributed by atoms with E-state index in [1.807, 2.05) is 48.5 Å². The third-order valence-corrected chi connectivity index (χ3v) is 3.22. The monoisotopic (exact) mass is 268 g/mol. The molecule has 1 N–H and O–H groups in total. The van der Waals surface area contributed by atoms with E-state index in [0.717, 1.165) is 5.56 Å². The van der Waals surface area contributed by atoms with E-state index in [0.29, 0.717) is 5.56 Å². The Kier molecular flexibility index (Phi) is 4.66. The predicted octanol–water partition coefficient (Wildman–Crippen LogP) is 3.52. The van der Waals surface area contributed by atoms with Crippen LogP contribution in [0.2, 0.25) is 0 Å². The Hall–Kier alpha value is -2.42. The van der Waals surface area contributed by atoms with Crippen molar-refractivity contribution in [1.29, 1.82) is 0 Å². The first kappa shape index (κ1) is 14.0. The van der Waals surface area contributed by atoms with Crippen molar-refractivity contribution in [2.45, 2.75) is 18.8 Å². The van der Waals surface area contributed by atoms with Gasteiger partial charge >= 0.3 is 5.97 Å². The van der Waals surface area contributed by atoms with Gasteiger partial charge in [0, 0.05) is 17.9 Å². The number of aliphatic carboxylic acids is 1. The summed E-state index contributed by atoms with van der Waals surface area (Å²) in [6, 6.07) is 18.3. The fourth-order valence-electron chi connectivity index (χ4n) is 2.21. The molecule has 102 valence electrons. The van der Waals surface area contributed by atoms with Crippen molar-refractivity contribution >= 4 is 11.8 Å². The number of hydrogen-bond donors (Lipinski definition) is 1. The molecule has 0 amide bonds. The molecule has 0 aliphatic carbocycles. The van der Waals surface area contributed by atoms with Gasteiger partial charge in [-0.05, 0) is 5.56 Å². The molecule has 3 heteroatoms. The van der Waals surface area contributed by atoms with E-state index in [1.165, 1.54) is 0 Å². The molecule has 1 atom stereocenters. The first-order valence-electron chi connectivity index (χ1n) is 6.52. The highest BCUT2D eigenvalue weighted by atomic mass is 16.4. The van der Waals surface area contributed by atoms with Crippen LogP contribution in [-0.4, -0.2) is 16.9 Å². The summed E-state index contributed by atoms with van der Waals surface area (Å²) in [5.74, 6) is -1.21. The molecule has 0 saturated heterocycles. The van der Waals surface area contributed by atoms with Crippen molar-refractivity contribution in [3.63, 3.8) is 0 Å². The average molecular weight is 268 g/mol. The van der Waals surface area contributed by atoms with E-state index >= 15 is 0 Å². The highest BCUT2D eigenvalue weighted by molar-refractivity contribution is 5.96. The fourth-order valence-corrected chi connectivity index (χ4v) is 2.21. The largest absolute Gasteiger partial charge is 0.481 e. The maximum absolute atomic E-state index is 12.2. The van der Waals surface area contributed by atoms with Crippen molar-refractivity contribution in [3.05, 3.63) is 71.8 Å². The third kappa shape index (κ3) is 3.79. The first-order valence-corrected chi connectivity index (χ1v) is 6.52. The molecule has 2 rings (SSSR count). The Morgan fingerprint density at radius 2 is 1.40 bits per heavy atom. The van der Waals surface area contributed by atoms with Gasteiger partial charge in [0.25, 0.3) is 0 Å². The van der Waals surface area contributed by atoms with Crippen LogP contribution in [0.15, 0.2) is 60.7 Å². The van der Waals surface area contributed by atoms with Gasteiger partial charge in [-0.2, -0.15) is 0 Å². The second kappa shape index (κ2) is 6.66. The lowest BCUT2D eigenvalue weighted by molar-refractivity contribution is -0.137. The SMILES string of the molecule is O=C(O)C[C@H](CC(=O)c1ccccc1)c1ccccc1. The minimum Gasteiger partial charge on any atom is -0.481 e. The van der Waals surface area contributed by atoms with Crippen LogP contribution in [0.25, 0.3) is 0 Å². The Labute approximate surface area is 117 Å². The second-order valence-electron chi connectivity index (χ2n) is 4.70. The molecule has 0 radical (unpaired) electrons. The zero-order valence-electron chi connectivity index (χ0n) is 11.0. The van der Waals surface area contributed by atoms with Gasteiger partial charge < -0.3 is 5.11 Å². The number of Topliss-reactive ketones (excluding diaryl/α,β-unsaturated/α-hetero) is 1. The molecular weight excluding hydrogens is 252 g/mol. The van der Waals surface area contributed by atoms with Crippen LogP contribution in [0.5, 0.6) is 0 Å². The fraction of sp³-hybridized carbons (Fsp3) is 0.176. The van der Waals surface area contributed by atoms with Crippen LogP contribution in [0.4, 0.5) is 0 Å². The predicted molar refractivity (Wildman–Crippen MR) is 76.8 cm³/mol. The van der Waals surface area contributed by atoms with Crippen LogP contribution in [-0.2, 0) is 4.79 Å². The zero-order valence-corrected chi connectivity index (χ0v) is 11.0. The van der Waals surface area contributed by atoms with E-state index in [-0.39, 0.29) is 24.5 Å². The van der Waals surface area contributed by atoms with Gasteiger partial charge in [0.05, 0.1) is 6.42 Å². The highest BCUT2D eigenvalue weighted by Gasteiger charge is 2.19. The number of carboxylic acid groups (broad SMARTS) is 1. The Morgan fingerprint density at radius 1 is 0.850 bits per heavy atom. The van der Waals surface area contributed by atoms with Gasteiger partial charge in [0.1, 0.15) is 0 Å². The molecule has 2 aromatic carbocycles. The second-order valence-corrected chi connectivity index (χ2v) is 4.70. The maximum Gasteiger partial charge on any atom is 0.303 e. The molecule has 0 heterocycles. The normalized spacial score (nSPS) is 11.8. The average Bonchev–Trinajstić information content (AvgIpc) is 2.48. The van der Waals surface area contributed by atoms with Gasteiger partial charge in [0.2, 0.25) is 0 Å². The lowest BCUT2D eigenvalue weighted by Crippen LogP contribution is -2.12. The number of carbonyl (C=O) groups excluding carboxylic acids is 1. The summed E-state index contributed by atoms with van der Waals surface area (Å²) in [7, 11) is 0. The molecule has 0 aliphatic rings. The number of carboxylic acids is 1. The minimum atomic E-state index is -0.889. The molecule has 0 unspecified atom stereocenters. The smallest absolute Gasteiger partial charge is 0.303 e. The summed E-state index contributed by atoms with van der Waals surface area (Å²) in [6.45, 7) is 0. The van der Waals surface area contributed by atoms with Gasteiger partial charge in [-0.15, -0.1) is 0 Å². The summed E-state index contributed by atoms with van der Waals surface area (Å²) >= 11 is 0. The highest BCUT2D eigenvalue weighted by Crippen LogP contribution is 2.25. The van der Waals surface area contributed by atoms with Crippen molar-refractivity contribution in [2.24, 2.45) is 0 Å². The summed E-state index contributed by atoms with van der Waals surface area (Å²) in [4.78, 5) is 23.2. The van der Waals surface area contributed by atoms with Gasteiger partial charge in [-0.1, -0.05) is 60.7 Å². The Bertz CT molecular complexity index is 576. The summed E-state index contributed by atoms with van der Waals surface area (Å²) in [5, 5.41) is 9.02. The molecule has 0 bridgehead atoms. The molecule has 3 nitrogen and oxygen atoms in total. The summed E-state index contributed by atoms with van der Waals surface area (Å²) in [6.07, 6.45) is 0.170. The summed E-state index contributed by atoms with van der Waals surface area (Å²) in [5.41, 5.74) is 1.51. The maximum atomic E-state index is 12.2. The van der Waals surface area contributed by atoms with Gasteiger partial charge in [-0.3, -0.25) is 9.59 Å². The molecular formula is C17H16O3. The standard InChI is InChI=1S/C17H16O3/c18-16(14-9-5-2-6-10-14)11-15(12-17(19)20)13-7-3-1-4-8-13/h1-10,15H,11-12H2,(H,19,20)/t15-/m0/s1. The lowest BCUT2D eigenvalue weighted by Gasteiger charge is -2.14. The number of ketones is 1. The first-order chi connectivity index (χ1) is 9.66. The van der Waals surface area contributed by atoms with Crippen molar-refractivity contribution < 1.29 is 14.7 Å². The van der Waals surface area contributed by atoms with Gasteiger partial charge in [0.15, 0.2) is 5.78 Å². The molecule has 2 aromatic rings. The number of benzene rings is 2. The zero-order chi connectivity index (χ0) is 14.4. The van der Waals surface area contributed by atoms with Crippen molar-refractivity contribution in [2.75, 3.05) is 0 Å². The Morgan fingerprint density at radius 3 is 1.95 bits per heavy atom. The van der Waals surface area contributed by atoms with Crippen LogP contribution in [0.1, 0.15) is 34.7 Å². The molecule has 0 aliphatic heterocycles. The minimum absolute atomic E-state index is 0.0271. The van der Waals surface area contributed by atoms with E-state index in [1.54, 1.807) is 12.1 Å². The number of rotatable bonds is 6. The van der Waals surface area contributed by atoms with E-state index in [4.69, 9.17) is 5.11 Å². The molecule has 0 aromatic heterocycles. The van der Waals surface area contributed by atoms with Crippen LogP contribution in [0, 0.1) is 0 Å². The topological polar surface area (TPSA) is 54.4 Å². The quantitative estimate of drug-likeness (QED) is 0.815.